The molecule has 2 aromatic carbocycles. The van der Waals surface area contributed by atoms with Crippen LogP contribution in [0, 0.1) is 0 Å². The van der Waals surface area contributed by atoms with Crippen LogP contribution in [0.5, 0.6) is 5.75 Å². The molecule has 4 N–H and O–H groups in total. The van der Waals surface area contributed by atoms with E-state index in [4.69, 9.17) is 15.6 Å². The van der Waals surface area contributed by atoms with Gasteiger partial charge in [-0.3, -0.25) is 9.59 Å². The molecule has 0 saturated carbocycles. The lowest BCUT2D eigenvalue weighted by Gasteiger charge is -2.09. The number of nitrogens with one attached hydrogen (secondary N) is 1. The van der Waals surface area contributed by atoms with Crippen LogP contribution in [0.4, 0.5) is 0 Å². The molecule has 6 nitrogen and oxygen atoms in total. The predicted molar refractivity (Wildman–Crippen MR) is 94.5 cm³/mol. The Balaban J connectivity index is 1.91. The van der Waals surface area contributed by atoms with Crippen LogP contribution in [-0.2, 0) is 17.8 Å². The van der Waals surface area contributed by atoms with Crippen LogP contribution in [0.2, 0.25) is 0 Å². The fraction of sp³-hybridized carbons (Fsp3) is 0.263. The van der Waals surface area contributed by atoms with Crippen LogP contribution in [0.1, 0.15) is 28.4 Å². The number of hydrogen-bond donors (Lipinski definition) is 3. The summed E-state index contributed by atoms with van der Waals surface area (Å²) in [7, 11) is 0. The Morgan fingerprint density at radius 2 is 1.84 bits per heavy atom. The molecule has 0 spiro atoms. The number of hydrogen-bond acceptors (Lipinski definition) is 4. The number of amides is 1. The van der Waals surface area contributed by atoms with E-state index < -0.39 is 12.0 Å². The number of aliphatic carboxylic acids is 1. The van der Waals surface area contributed by atoms with Gasteiger partial charge in [-0.05, 0) is 42.7 Å². The minimum atomic E-state index is -1.02. The minimum absolute atomic E-state index is 0.182. The van der Waals surface area contributed by atoms with E-state index in [1.54, 1.807) is 24.3 Å². The van der Waals surface area contributed by atoms with Gasteiger partial charge in [0.05, 0.1) is 6.61 Å². The van der Waals surface area contributed by atoms with Crippen molar-refractivity contribution in [2.75, 3.05) is 6.61 Å². The number of nitrogens with two attached hydrogens (primary N) is 1. The molecule has 2 aromatic rings. The van der Waals surface area contributed by atoms with Gasteiger partial charge in [0.15, 0.2) is 0 Å². The van der Waals surface area contributed by atoms with Gasteiger partial charge in [-0.2, -0.15) is 0 Å². The topological polar surface area (TPSA) is 102 Å². The molecule has 25 heavy (non-hydrogen) atoms. The second-order valence-electron chi connectivity index (χ2n) is 5.61. The molecule has 0 radical (unpaired) electrons. The molecule has 0 heterocycles. The normalized spacial score (nSPS) is 11.6. The van der Waals surface area contributed by atoms with Gasteiger partial charge in [0.1, 0.15) is 11.8 Å². The molecule has 0 aromatic heterocycles. The van der Waals surface area contributed by atoms with Gasteiger partial charge in [-0.1, -0.05) is 30.3 Å². The second-order valence-corrected chi connectivity index (χ2v) is 5.61. The molecular weight excluding hydrogens is 320 g/mol. The standard InChI is InChI=1S/C19H22N2O4/c1-2-25-16-5-3-4-15(11-16)18(22)21-12-14-8-6-13(7-9-14)10-17(20)19(23)24/h3-9,11,17H,2,10,12,20H2,1H3,(H,21,22)(H,23,24)/t17-/m0/s1. The highest BCUT2D eigenvalue weighted by Crippen LogP contribution is 2.13. The number of ether oxygens (including phenoxy) is 1. The molecule has 1 atom stereocenters. The Labute approximate surface area is 146 Å². The monoisotopic (exact) mass is 342 g/mol. The zero-order valence-corrected chi connectivity index (χ0v) is 14.1. The third-order valence-electron chi connectivity index (χ3n) is 3.66. The SMILES string of the molecule is CCOc1cccc(C(=O)NCc2ccc(C[C@H](N)C(=O)O)cc2)c1. The van der Waals surface area contributed by atoms with Gasteiger partial charge < -0.3 is 20.9 Å². The maximum absolute atomic E-state index is 12.2. The first kappa shape index (κ1) is 18.5. The van der Waals surface area contributed by atoms with Crippen molar-refractivity contribution < 1.29 is 19.4 Å². The van der Waals surface area contributed by atoms with Gasteiger partial charge in [0.2, 0.25) is 0 Å². The van der Waals surface area contributed by atoms with Crippen molar-refractivity contribution >= 4 is 11.9 Å². The number of rotatable bonds is 8. The number of carboxylic acids is 1. The van der Waals surface area contributed by atoms with Crippen LogP contribution in [-0.4, -0.2) is 29.6 Å². The van der Waals surface area contributed by atoms with Crippen LogP contribution >= 0.6 is 0 Å². The third-order valence-corrected chi connectivity index (χ3v) is 3.66. The van der Waals surface area contributed by atoms with E-state index in [0.29, 0.717) is 24.5 Å². The Hall–Kier alpha value is -2.86. The average molecular weight is 342 g/mol. The van der Waals surface area contributed by atoms with Crippen molar-refractivity contribution in [3.63, 3.8) is 0 Å². The second kappa shape index (κ2) is 8.84. The molecule has 0 aliphatic heterocycles. The van der Waals surface area contributed by atoms with E-state index in [1.807, 2.05) is 31.2 Å². The number of carbonyl (C=O) groups excluding carboxylic acids is 1. The quantitative estimate of drug-likeness (QED) is 0.681. The fourth-order valence-electron chi connectivity index (χ4n) is 2.31. The van der Waals surface area contributed by atoms with Crippen LogP contribution in [0.25, 0.3) is 0 Å². The zero-order chi connectivity index (χ0) is 18.2. The Bertz CT molecular complexity index is 728. The molecule has 0 aliphatic carbocycles. The molecule has 0 bridgehead atoms. The van der Waals surface area contributed by atoms with Crippen LogP contribution < -0.4 is 15.8 Å². The highest BCUT2D eigenvalue weighted by atomic mass is 16.5. The average Bonchev–Trinajstić information content (AvgIpc) is 2.61. The van der Waals surface area contributed by atoms with Crippen molar-refractivity contribution in [3.8, 4) is 5.75 Å². The molecular formula is C19H22N2O4. The van der Waals surface area contributed by atoms with Crippen LogP contribution in [0.15, 0.2) is 48.5 Å². The minimum Gasteiger partial charge on any atom is -0.494 e. The molecule has 0 unspecified atom stereocenters. The smallest absolute Gasteiger partial charge is 0.320 e. The van der Waals surface area contributed by atoms with E-state index in [-0.39, 0.29) is 12.3 Å². The summed E-state index contributed by atoms with van der Waals surface area (Å²) < 4.78 is 5.39. The maximum Gasteiger partial charge on any atom is 0.320 e. The van der Waals surface area contributed by atoms with E-state index in [2.05, 4.69) is 5.32 Å². The molecule has 132 valence electrons. The van der Waals surface area contributed by atoms with Crippen molar-refractivity contribution in [2.45, 2.75) is 25.9 Å². The lowest BCUT2D eigenvalue weighted by molar-refractivity contribution is -0.138. The van der Waals surface area contributed by atoms with Gasteiger partial charge >= 0.3 is 5.97 Å². The molecule has 0 saturated heterocycles. The summed E-state index contributed by atoms with van der Waals surface area (Å²) >= 11 is 0. The zero-order valence-electron chi connectivity index (χ0n) is 14.1. The first-order chi connectivity index (χ1) is 12.0. The number of carbonyl (C=O) groups is 2. The van der Waals surface area contributed by atoms with Crippen molar-refractivity contribution in [2.24, 2.45) is 5.73 Å². The van der Waals surface area contributed by atoms with Gasteiger partial charge in [-0.15, -0.1) is 0 Å². The highest BCUT2D eigenvalue weighted by Gasteiger charge is 2.12. The first-order valence-electron chi connectivity index (χ1n) is 8.07. The summed E-state index contributed by atoms with van der Waals surface area (Å²) in [5.41, 5.74) is 7.81. The molecule has 0 fully saturated rings. The van der Waals surface area contributed by atoms with Crippen molar-refractivity contribution in [1.82, 2.24) is 5.32 Å². The number of benzene rings is 2. The Kier molecular flexibility index (Phi) is 6.54. The van der Waals surface area contributed by atoms with E-state index in [9.17, 15) is 9.59 Å². The lowest BCUT2D eigenvalue weighted by Crippen LogP contribution is -2.32. The van der Waals surface area contributed by atoms with Crippen molar-refractivity contribution in [1.29, 1.82) is 0 Å². The summed E-state index contributed by atoms with van der Waals surface area (Å²) in [6.07, 6.45) is 0.270. The summed E-state index contributed by atoms with van der Waals surface area (Å²) in [6.45, 7) is 2.81. The predicted octanol–water partition coefficient (Wildman–Crippen LogP) is 1.97. The first-order valence-corrected chi connectivity index (χ1v) is 8.07. The molecule has 6 heteroatoms. The third kappa shape index (κ3) is 5.61. The van der Waals surface area contributed by atoms with E-state index in [0.717, 1.165) is 11.1 Å². The summed E-state index contributed by atoms with van der Waals surface area (Å²) in [6, 6.07) is 13.4. The number of carboxylic acid groups (broad SMARTS) is 1. The molecule has 0 aliphatic rings. The highest BCUT2D eigenvalue weighted by molar-refractivity contribution is 5.94. The van der Waals surface area contributed by atoms with Gasteiger partial charge in [0.25, 0.3) is 5.91 Å². The largest absolute Gasteiger partial charge is 0.494 e. The summed E-state index contributed by atoms with van der Waals surface area (Å²) in [4.78, 5) is 23.0. The van der Waals surface area contributed by atoms with Crippen molar-refractivity contribution in [3.05, 3.63) is 65.2 Å². The van der Waals surface area contributed by atoms with E-state index >= 15 is 0 Å². The van der Waals surface area contributed by atoms with Gasteiger partial charge in [-0.25, -0.2) is 0 Å². The molecule has 1 amide bonds. The maximum atomic E-state index is 12.2. The Morgan fingerprint density at radius 3 is 2.48 bits per heavy atom. The van der Waals surface area contributed by atoms with E-state index in [1.165, 1.54) is 0 Å². The molecule has 2 rings (SSSR count). The lowest BCUT2D eigenvalue weighted by atomic mass is 10.0. The summed E-state index contributed by atoms with van der Waals surface area (Å²) in [5.74, 6) is -0.543. The van der Waals surface area contributed by atoms with Crippen LogP contribution in [0.3, 0.4) is 0 Å². The summed E-state index contributed by atoms with van der Waals surface area (Å²) in [5, 5.41) is 11.7. The Morgan fingerprint density at radius 1 is 1.16 bits per heavy atom. The fourth-order valence-corrected chi connectivity index (χ4v) is 2.31. The van der Waals surface area contributed by atoms with Gasteiger partial charge in [0, 0.05) is 12.1 Å².